The fraction of sp³-hybridized carbons (Fsp3) is 0.406. The van der Waals surface area contributed by atoms with Gasteiger partial charge in [-0.1, -0.05) is 11.8 Å². The minimum atomic E-state index is -4.32. The first-order chi connectivity index (χ1) is 20.2. The van der Waals surface area contributed by atoms with E-state index in [9.17, 15) is 22.4 Å². The van der Waals surface area contributed by atoms with E-state index in [2.05, 4.69) is 39.4 Å². The lowest BCUT2D eigenvalue weighted by Crippen LogP contribution is -2.47. The van der Waals surface area contributed by atoms with Crippen molar-refractivity contribution in [2.45, 2.75) is 47.7 Å². The topological polar surface area (TPSA) is 38.8 Å². The third-order valence-corrected chi connectivity index (χ3v) is 8.93. The zero-order chi connectivity index (χ0) is 29.5. The second-order valence-electron chi connectivity index (χ2n) is 10.9. The van der Waals surface area contributed by atoms with Crippen molar-refractivity contribution in [2.75, 3.05) is 56.0 Å². The molecule has 0 bridgehead atoms. The number of piperazine rings is 1. The Morgan fingerprint density at radius 2 is 1.40 bits per heavy atom. The van der Waals surface area contributed by atoms with Crippen LogP contribution < -0.4 is 10.2 Å². The number of rotatable bonds is 9. The molecule has 0 saturated carbocycles. The van der Waals surface area contributed by atoms with Gasteiger partial charge in [0.05, 0.1) is 5.56 Å². The molecule has 0 spiro atoms. The van der Waals surface area contributed by atoms with Crippen molar-refractivity contribution in [2.24, 2.45) is 0 Å². The first-order valence-electron chi connectivity index (χ1n) is 14.5. The molecule has 3 aromatic rings. The van der Waals surface area contributed by atoms with Crippen LogP contribution in [0.15, 0.2) is 82.6 Å². The number of hydrogen-bond donors (Lipinski definition) is 1. The van der Waals surface area contributed by atoms with Crippen LogP contribution >= 0.6 is 11.8 Å². The SMILES string of the molecule is O=C(CCCN1CCN(c2ccc(C(F)(F)F)cc2)CC1)N1CCC(Nc2ccc(Sc3ccc(F)cc3)cc2)CC1. The average Bonchev–Trinajstić information content (AvgIpc) is 3.00. The molecule has 2 aliphatic heterocycles. The minimum Gasteiger partial charge on any atom is -0.382 e. The van der Waals surface area contributed by atoms with Crippen molar-refractivity contribution in [3.63, 3.8) is 0 Å². The number of nitrogens with zero attached hydrogens (tertiary/aromatic N) is 3. The molecule has 2 heterocycles. The lowest BCUT2D eigenvalue weighted by atomic mass is 10.0. The van der Waals surface area contributed by atoms with Crippen molar-refractivity contribution in [1.29, 1.82) is 0 Å². The predicted molar refractivity (Wildman–Crippen MR) is 160 cm³/mol. The highest BCUT2D eigenvalue weighted by Crippen LogP contribution is 2.31. The third-order valence-electron chi connectivity index (χ3n) is 7.92. The number of carbonyl (C=O) groups is 1. The second kappa shape index (κ2) is 13.8. The van der Waals surface area contributed by atoms with E-state index in [1.165, 1.54) is 12.1 Å². The van der Waals surface area contributed by atoms with Crippen LogP contribution in [0.1, 0.15) is 31.2 Å². The van der Waals surface area contributed by atoms with Gasteiger partial charge in [0, 0.05) is 72.9 Å². The Hall–Kier alpha value is -3.24. The van der Waals surface area contributed by atoms with E-state index in [0.29, 0.717) is 12.5 Å². The Kier molecular flexibility index (Phi) is 9.95. The monoisotopic (exact) mass is 600 g/mol. The fourth-order valence-corrected chi connectivity index (χ4v) is 6.29. The van der Waals surface area contributed by atoms with Gasteiger partial charge in [0.15, 0.2) is 0 Å². The molecule has 2 saturated heterocycles. The molecule has 2 aliphatic rings. The molecule has 1 N–H and O–H groups in total. The van der Waals surface area contributed by atoms with Crippen LogP contribution in [0.5, 0.6) is 0 Å². The molecule has 2 fully saturated rings. The van der Waals surface area contributed by atoms with Gasteiger partial charge < -0.3 is 15.1 Å². The van der Waals surface area contributed by atoms with Crippen molar-refractivity contribution in [3.05, 3.63) is 84.2 Å². The standard InChI is InChI=1S/C32H36F4N4OS/c33-25-5-11-29(12-6-25)42-30-13-7-26(8-14-30)37-27-15-18-40(19-16-27)31(41)2-1-17-38-20-22-39(23-21-38)28-9-3-24(4-10-28)32(34,35)36/h3-14,27,37H,1-2,15-23H2. The van der Waals surface area contributed by atoms with Gasteiger partial charge in [-0.3, -0.25) is 9.69 Å². The van der Waals surface area contributed by atoms with Gasteiger partial charge in [-0.2, -0.15) is 13.2 Å². The molecule has 42 heavy (non-hydrogen) atoms. The number of carbonyl (C=O) groups excluding carboxylic acids is 1. The van der Waals surface area contributed by atoms with E-state index in [1.54, 1.807) is 36.0 Å². The molecule has 1 amide bonds. The van der Waals surface area contributed by atoms with Crippen LogP contribution in [0.2, 0.25) is 0 Å². The highest BCUT2D eigenvalue weighted by molar-refractivity contribution is 7.99. The lowest BCUT2D eigenvalue weighted by molar-refractivity contribution is -0.137. The molecule has 5 nitrogen and oxygen atoms in total. The van der Waals surface area contributed by atoms with Gasteiger partial charge in [-0.05, 0) is 98.6 Å². The van der Waals surface area contributed by atoms with E-state index >= 15 is 0 Å². The van der Waals surface area contributed by atoms with Crippen LogP contribution in [-0.4, -0.2) is 67.6 Å². The number of anilines is 2. The van der Waals surface area contributed by atoms with Crippen molar-refractivity contribution in [3.8, 4) is 0 Å². The van der Waals surface area contributed by atoms with Gasteiger partial charge in [-0.25, -0.2) is 4.39 Å². The summed E-state index contributed by atoms with van der Waals surface area (Å²) in [7, 11) is 0. The summed E-state index contributed by atoms with van der Waals surface area (Å²) in [5, 5.41) is 3.59. The first-order valence-corrected chi connectivity index (χ1v) is 15.3. The average molecular weight is 601 g/mol. The van der Waals surface area contributed by atoms with Gasteiger partial charge in [0.2, 0.25) is 5.91 Å². The number of likely N-dealkylation sites (tertiary alicyclic amines) is 1. The van der Waals surface area contributed by atoms with E-state index in [1.807, 2.05) is 4.90 Å². The highest BCUT2D eigenvalue weighted by Gasteiger charge is 2.30. The van der Waals surface area contributed by atoms with Gasteiger partial charge in [0.1, 0.15) is 5.82 Å². The quantitative estimate of drug-likeness (QED) is 0.268. The van der Waals surface area contributed by atoms with E-state index < -0.39 is 11.7 Å². The largest absolute Gasteiger partial charge is 0.416 e. The van der Waals surface area contributed by atoms with Gasteiger partial charge in [0.25, 0.3) is 0 Å². The summed E-state index contributed by atoms with van der Waals surface area (Å²) in [5.41, 5.74) is 1.25. The van der Waals surface area contributed by atoms with Crippen molar-refractivity contribution < 1.29 is 22.4 Å². The van der Waals surface area contributed by atoms with Gasteiger partial charge in [-0.15, -0.1) is 0 Å². The molecular weight excluding hydrogens is 564 g/mol. The molecule has 10 heteroatoms. The molecule has 5 rings (SSSR count). The Morgan fingerprint density at radius 3 is 2.00 bits per heavy atom. The Labute approximate surface area is 248 Å². The van der Waals surface area contributed by atoms with E-state index in [0.717, 1.165) is 98.4 Å². The molecule has 0 atom stereocenters. The van der Waals surface area contributed by atoms with E-state index in [-0.39, 0.29) is 11.7 Å². The van der Waals surface area contributed by atoms with Crippen LogP contribution in [0.25, 0.3) is 0 Å². The Morgan fingerprint density at radius 1 is 0.810 bits per heavy atom. The molecule has 0 unspecified atom stereocenters. The zero-order valence-corrected chi connectivity index (χ0v) is 24.3. The second-order valence-corrected chi connectivity index (χ2v) is 12.0. The molecule has 224 valence electrons. The normalized spacial score (nSPS) is 17.0. The maximum Gasteiger partial charge on any atom is 0.416 e. The molecular formula is C32H36F4N4OS. The Bertz CT molecular complexity index is 1290. The van der Waals surface area contributed by atoms with Gasteiger partial charge >= 0.3 is 6.18 Å². The maximum atomic E-state index is 13.1. The van der Waals surface area contributed by atoms with Crippen molar-refractivity contribution >= 4 is 29.0 Å². The van der Waals surface area contributed by atoms with Crippen molar-refractivity contribution in [1.82, 2.24) is 9.80 Å². The highest BCUT2D eigenvalue weighted by atomic mass is 32.2. The van der Waals surface area contributed by atoms with Crippen LogP contribution in [0, 0.1) is 5.82 Å². The van der Waals surface area contributed by atoms with Crippen LogP contribution in [-0.2, 0) is 11.0 Å². The number of hydrogen-bond acceptors (Lipinski definition) is 5. The minimum absolute atomic E-state index is 0.207. The first kappa shape index (κ1) is 30.2. The van der Waals surface area contributed by atoms with Crippen LogP contribution in [0.3, 0.4) is 0 Å². The Balaban J connectivity index is 0.966. The molecule has 0 radical (unpaired) electrons. The number of nitrogens with one attached hydrogen (secondary N) is 1. The summed E-state index contributed by atoms with van der Waals surface area (Å²) in [5.74, 6) is -0.0287. The lowest BCUT2D eigenvalue weighted by Gasteiger charge is -2.36. The number of alkyl halides is 3. The van der Waals surface area contributed by atoms with Crippen LogP contribution in [0.4, 0.5) is 28.9 Å². The molecule has 0 aliphatic carbocycles. The molecule has 3 aromatic carbocycles. The summed E-state index contributed by atoms with van der Waals surface area (Å²) in [6.45, 7) is 5.53. The summed E-state index contributed by atoms with van der Waals surface area (Å²) in [6.07, 6.45) is -1.17. The summed E-state index contributed by atoms with van der Waals surface area (Å²) < 4.78 is 51.6. The third kappa shape index (κ3) is 8.41. The molecule has 0 aromatic heterocycles. The smallest absolute Gasteiger partial charge is 0.382 e. The number of benzene rings is 3. The summed E-state index contributed by atoms with van der Waals surface area (Å²) in [6, 6.07) is 20.4. The summed E-state index contributed by atoms with van der Waals surface area (Å²) in [4.78, 5) is 21.3. The number of halogens is 4. The fourth-order valence-electron chi connectivity index (χ4n) is 5.47. The summed E-state index contributed by atoms with van der Waals surface area (Å²) >= 11 is 1.59. The maximum absolute atomic E-state index is 13.1. The zero-order valence-electron chi connectivity index (χ0n) is 23.5. The van der Waals surface area contributed by atoms with E-state index in [4.69, 9.17) is 0 Å². The number of piperidine rings is 1. The predicted octanol–water partition coefficient (Wildman–Crippen LogP) is 7.00. The number of amides is 1.